The molecule has 5 aromatic carbocycles. The smallest absolute Gasteiger partial charge is 0.196 e. The molecule has 0 aromatic heterocycles. The number of halogens is 6. The van der Waals surface area contributed by atoms with Crippen molar-refractivity contribution in [2.75, 3.05) is 0 Å². The highest BCUT2D eigenvalue weighted by Gasteiger charge is 2.23. The first-order chi connectivity index (χ1) is 16.1. The predicted octanol–water partition coefficient (Wildman–Crippen LogP) is 7.10. The monoisotopic (exact) mass is 754 g/mol. The highest BCUT2D eigenvalue weighted by Crippen LogP contribution is 2.34. The molecule has 0 amide bonds. The van der Waals surface area contributed by atoms with E-state index in [1.165, 1.54) is 18.2 Å². The first kappa shape index (κ1) is 24.6. The van der Waals surface area contributed by atoms with Crippen LogP contribution in [0.1, 0.15) is 11.1 Å². The van der Waals surface area contributed by atoms with Gasteiger partial charge in [-0.2, -0.15) is 0 Å². The minimum Gasteiger partial charge on any atom is -0.289 e. The molecule has 0 heterocycles. The molecule has 5 aromatic rings. The molecular weight excluding hydrogens is 748 g/mol. The minimum atomic E-state index is -0.535. The van der Waals surface area contributed by atoms with Crippen molar-refractivity contribution in [3.63, 3.8) is 0 Å². The molecule has 5 rings (SSSR count). The normalized spacial score (nSPS) is 11.9. The first-order valence-electron chi connectivity index (χ1n) is 9.62. The molecule has 4 nitrogen and oxygen atoms in total. The van der Waals surface area contributed by atoms with Crippen LogP contribution in [0.15, 0.2) is 43.4 Å². The van der Waals surface area contributed by atoms with E-state index in [4.69, 9.17) is 46.4 Å². The Morgan fingerprint density at radius 3 is 1.56 bits per heavy atom. The van der Waals surface area contributed by atoms with E-state index >= 15 is 0 Å². The van der Waals surface area contributed by atoms with Crippen molar-refractivity contribution in [3.05, 3.63) is 96.4 Å². The van der Waals surface area contributed by atoms with E-state index in [0.29, 0.717) is 20.0 Å². The fourth-order valence-corrected chi connectivity index (χ4v) is 7.11. The van der Waals surface area contributed by atoms with Gasteiger partial charge in [-0.3, -0.25) is 19.2 Å². The van der Waals surface area contributed by atoms with Crippen molar-refractivity contribution < 1.29 is 0 Å². The number of benzene rings is 5. The Kier molecular flexibility index (Phi) is 6.39. The summed E-state index contributed by atoms with van der Waals surface area (Å²) >= 11 is 29.3. The summed E-state index contributed by atoms with van der Waals surface area (Å²) in [5.74, 6) is 0. The molecule has 0 bridgehead atoms. The summed E-state index contributed by atoms with van der Waals surface area (Å²) in [6.07, 6.45) is 0. The van der Waals surface area contributed by atoms with Crippen LogP contribution in [0.25, 0.3) is 43.1 Å². The zero-order chi connectivity index (χ0) is 24.6. The van der Waals surface area contributed by atoms with Crippen LogP contribution >= 0.6 is 91.6 Å². The van der Waals surface area contributed by atoms with Crippen LogP contribution in [0.3, 0.4) is 0 Å². The Bertz CT molecular complexity index is 1960. The highest BCUT2D eigenvalue weighted by molar-refractivity contribution is 14.1. The Balaban J connectivity index is 2.14. The molecule has 0 N–H and O–H groups in total. The minimum absolute atomic E-state index is 0.00301. The quantitative estimate of drug-likeness (QED) is 0.110. The fourth-order valence-electron chi connectivity index (χ4n) is 4.41. The molecule has 0 saturated carbocycles. The lowest BCUT2D eigenvalue weighted by molar-refractivity contribution is 1.49. The molecule has 0 spiro atoms. The second-order valence-corrected chi connectivity index (χ2v) is 10.8. The zero-order valence-corrected chi connectivity index (χ0v) is 24.0. The van der Waals surface area contributed by atoms with Crippen LogP contribution in [-0.4, -0.2) is 0 Å². The first-order valence-corrected chi connectivity index (χ1v) is 14.2. The van der Waals surface area contributed by atoms with Gasteiger partial charge in [0.15, 0.2) is 21.7 Å². The lowest BCUT2D eigenvalue weighted by atomic mass is 9.93. The van der Waals surface area contributed by atoms with E-state index in [-0.39, 0.29) is 63.2 Å². The zero-order valence-electron chi connectivity index (χ0n) is 16.6. The topological polar surface area (TPSA) is 68.3 Å². The van der Waals surface area contributed by atoms with E-state index in [1.807, 2.05) is 0 Å². The van der Waals surface area contributed by atoms with Gasteiger partial charge in [-0.25, -0.2) is 0 Å². The molecule has 170 valence electrons. The van der Waals surface area contributed by atoms with Gasteiger partial charge < -0.3 is 0 Å². The van der Waals surface area contributed by atoms with Crippen molar-refractivity contribution in [3.8, 4) is 0 Å². The summed E-state index contributed by atoms with van der Waals surface area (Å²) in [5.41, 5.74) is -0.932. The lowest BCUT2D eigenvalue weighted by Crippen LogP contribution is -2.19. The summed E-state index contributed by atoms with van der Waals surface area (Å²) in [7, 11) is 0. The summed E-state index contributed by atoms with van der Waals surface area (Å²) in [4.78, 5) is 54.1. The third kappa shape index (κ3) is 3.36. The maximum Gasteiger partial charge on any atom is 0.196 e. The molecule has 0 aliphatic heterocycles. The van der Waals surface area contributed by atoms with Crippen LogP contribution in [0, 0.1) is 0 Å². The van der Waals surface area contributed by atoms with E-state index in [1.54, 1.807) is 6.07 Å². The predicted molar refractivity (Wildman–Crippen MR) is 159 cm³/mol. The van der Waals surface area contributed by atoms with Crippen LogP contribution < -0.4 is 21.7 Å². The van der Waals surface area contributed by atoms with Gasteiger partial charge in [-0.1, -0.05) is 91.6 Å². The molecule has 0 radical (unpaired) electrons. The average molecular weight is 756 g/mol. The highest BCUT2D eigenvalue weighted by atomic mass is 127. The molecule has 0 aliphatic rings. The van der Waals surface area contributed by atoms with Gasteiger partial charge in [0.2, 0.25) is 0 Å². The van der Waals surface area contributed by atoms with Gasteiger partial charge in [-0.05, 0) is 35.4 Å². The molecule has 10 heteroatoms. The molecule has 0 unspecified atom stereocenters. The second-order valence-electron chi connectivity index (χ2n) is 7.68. The number of hydrogen-bond acceptors (Lipinski definition) is 4. The van der Waals surface area contributed by atoms with Gasteiger partial charge in [0, 0.05) is 46.2 Å². The Morgan fingerprint density at radius 2 is 1.03 bits per heavy atom. The molecule has 0 atom stereocenters. The van der Waals surface area contributed by atoms with Gasteiger partial charge >= 0.3 is 0 Å². The van der Waals surface area contributed by atoms with Crippen LogP contribution in [0.2, 0.25) is 20.1 Å². The summed E-state index contributed by atoms with van der Waals surface area (Å²) in [6.45, 7) is 0. The summed E-state index contributed by atoms with van der Waals surface area (Å²) in [5, 5.41) is 0.843. The van der Waals surface area contributed by atoms with Crippen molar-refractivity contribution in [2.45, 2.75) is 8.86 Å². The number of alkyl halides is 2. The van der Waals surface area contributed by atoms with E-state index in [0.717, 1.165) is 0 Å². The van der Waals surface area contributed by atoms with Crippen molar-refractivity contribution >= 4 is 135 Å². The van der Waals surface area contributed by atoms with Crippen molar-refractivity contribution in [1.82, 2.24) is 0 Å². The fraction of sp³-hybridized carbons (Fsp3) is 0.0833. The van der Waals surface area contributed by atoms with Crippen LogP contribution in [0.4, 0.5) is 0 Å². The summed E-state index contributed by atoms with van der Waals surface area (Å²) in [6, 6.07) is 5.60. The van der Waals surface area contributed by atoms with E-state index < -0.39 is 21.7 Å². The van der Waals surface area contributed by atoms with Crippen molar-refractivity contribution in [2.24, 2.45) is 0 Å². The lowest BCUT2D eigenvalue weighted by Gasteiger charge is -2.11. The number of fused-ring (bicyclic) bond motifs is 4. The maximum absolute atomic E-state index is 13.6. The van der Waals surface area contributed by atoms with Crippen LogP contribution in [0.5, 0.6) is 0 Å². The number of rotatable bonds is 2. The number of hydrogen-bond donors (Lipinski definition) is 0. The van der Waals surface area contributed by atoms with Crippen molar-refractivity contribution in [1.29, 1.82) is 0 Å². The van der Waals surface area contributed by atoms with E-state index in [2.05, 4.69) is 45.2 Å². The maximum atomic E-state index is 13.6. The van der Waals surface area contributed by atoms with E-state index in [9.17, 15) is 19.2 Å². The standard InChI is InChI=1S/C24H8Cl4I2O4/c25-13-4-14(26)18-17(12(13)6-30)22(32)9-2-8-11(3-10(9)23(18)33)24(34)19-16(21(8)31)7(5-29)1-15(27)20(19)28/h1-4H,5-6H2. The Morgan fingerprint density at radius 1 is 0.529 bits per heavy atom. The summed E-state index contributed by atoms with van der Waals surface area (Å²) < 4.78 is 0.787. The second kappa shape index (κ2) is 8.81. The van der Waals surface area contributed by atoms with Gasteiger partial charge in [0.05, 0.1) is 25.8 Å². The van der Waals surface area contributed by atoms with Gasteiger partial charge in [-0.15, -0.1) is 0 Å². The largest absolute Gasteiger partial charge is 0.289 e. The van der Waals surface area contributed by atoms with Gasteiger partial charge in [0.1, 0.15) is 0 Å². The molecule has 34 heavy (non-hydrogen) atoms. The molecule has 0 aliphatic carbocycles. The molecule has 0 saturated heterocycles. The molecular formula is C24H8Cl4I2O4. The Labute approximate surface area is 237 Å². The third-order valence-corrected chi connectivity index (χ3v) is 8.96. The van der Waals surface area contributed by atoms with Gasteiger partial charge in [0.25, 0.3) is 0 Å². The SMILES string of the molecule is O=c1c2cc3c(=O)c4c(Cl)c(Cl)cc(CI)c4c(=O)c3cc2c(=O)c2c(CI)c(Cl)cc(Cl)c12. The van der Waals surface area contributed by atoms with Crippen LogP contribution in [-0.2, 0) is 8.86 Å². The Hall–Kier alpha value is -1.04. The third-order valence-electron chi connectivity index (χ3n) is 5.96. The molecule has 0 fully saturated rings. The average Bonchev–Trinajstić information content (AvgIpc) is 2.81.